The molecule has 0 spiro atoms. The molecule has 4 heteroatoms. The van der Waals surface area contributed by atoms with Crippen LogP contribution >= 0.6 is 11.6 Å². The van der Waals surface area contributed by atoms with Gasteiger partial charge in [-0.1, -0.05) is 23.7 Å². The summed E-state index contributed by atoms with van der Waals surface area (Å²) in [6.45, 7) is 0.538. The summed E-state index contributed by atoms with van der Waals surface area (Å²) in [7, 11) is 0. The van der Waals surface area contributed by atoms with Crippen LogP contribution in [0.5, 0.6) is 0 Å². The van der Waals surface area contributed by atoms with Crippen molar-refractivity contribution in [2.75, 3.05) is 0 Å². The van der Waals surface area contributed by atoms with E-state index >= 15 is 0 Å². The molecule has 0 unspecified atom stereocenters. The first kappa shape index (κ1) is 9.21. The van der Waals surface area contributed by atoms with E-state index in [0.717, 1.165) is 5.56 Å². The molecule has 0 amide bonds. The lowest BCUT2D eigenvalue weighted by Gasteiger charge is -2.05. The van der Waals surface area contributed by atoms with Gasteiger partial charge in [0.15, 0.2) is 0 Å². The SMILES string of the molecule is Fc1cccc(Cn2ccnc2)c1Cl. The van der Waals surface area contributed by atoms with Crippen LogP contribution in [0, 0.1) is 5.82 Å². The minimum Gasteiger partial charge on any atom is -0.333 e. The lowest BCUT2D eigenvalue weighted by molar-refractivity contribution is 0.624. The van der Waals surface area contributed by atoms with Crippen LogP contribution in [0.4, 0.5) is 4.39 Å². The lowest BCUT2D eigenvalue weighted by atomic mass is 10.2. The van der Waals surface area contributed by atoms with Gasteiger partial charge in [0.05, 0.1) is 17.9 Å². The molecule has 1 aromatic carbocycles. The van der Waals surface area contributed by atoms with Crippen molar-refractivity contribution in [2.24, 2.45) is 0 Å². The Morgan fingerprint density at radius 1 is 1.43 bits per heavy atom. The first-order valence-corrected chi connectivity index (χ1v) is 4.54. The zero-order chi connectivity index (χ0) is 9.97. The van der Waals surface area contributed by atoms with Crippen LogP contribution in [0.25, 0.3) is 0 Å². The quantitative estimate of drug-likeness (QED) is 0.745. The molecule has 2 rings (SSSR count). The van der Waals surface area contributed by atoms with E-state index in [2.05, 4.69) is 4.98 Å². The maximum Gasteiger partial charge on any atom is 0.142 e. The van der Waals surface area contributed by atoms with Crippen molar-refractivity contribution in [3.8, 4) is 0 Å². The van der Waals surface area contributed by atoms with E-state index in [4.69, 9.17) is 11.6 Å². The molecule has 0 aliphatic carbocycles. The Labute approximate surface area is 86.0 Å². The first-order chi connectivity index (χ1) is 6.77. The fourth-order valence-corrected chi connectivity index (χ4v) is 1.43. The molecule has 1 heterocycles. The fourth-order valence-electron chi connectivity index (χ4n) is 1.25. The molecule has 0 fully saturated rings. The van der Waals surface area contributed by atoms with E-state index in [9.17, 15) is 4.39 Å². The van der Waals surface area contributed by atoms with E-state index in [-0.39, 0.29) is 10.8 Å². The topological polar surface area (TPSA) is 17.8 Å². The highest BCUT2D eigenvalue weighted by Gasteiger charge is 2.05. The van der Waals surface area contributed by atoms with Gasteiger partial charge in [0.25, 0.3) is 0 Å². The molecule has 14 heavy (non-hydrogen) atoms. The van der Waals surface area contributed by atoms with Gasteiger partial charge in [-0.15, -0.1) is 0 Å². The molecule has 2 aromatic rings. The molecule has 0 aliphatic rings. The number of halogens is 2. The van der Waals surface area contributed by atoms with Crippen LogP contribution in [-0.4, -0.2) is 9.55 Å². The van der Waals surface area contributed by atoms with Crippen LogP contribution in [0.3, 0.4) is 0 Å². The molecular formula is C10H8ClFN2. The van der Waals surface area contributed by atoms with Crippen molar-refractivity contribution < 1.29 is 4.39 Å². The zero-order valence-corrected chi connectivity index (χ0v) is 8.08. The summed E-state index contributed by atoms with van der Waals surface area (Å²) >= 11 is 5.80. The largest absolute Gasteiger partial charge is 0.333 e. The molecule has 2 nitrogen and oxygen atoms in total. The van der Waals surface area contributed by atoms with Crippen LogP contribution < -0.4 is 0 Å². The Morgan fingerprint density at radius 3 is 3.00 bits per heavy atom. The van der Waals surface area contributed by atoms with Crippen molar-refractivity contribution >= 4 is 11.6 Å². The minimum atomic E-state index is -0.385. The molecule has 0 aliphatic heterocycles. The molecule has 0 radical (unpaired) electrons. The Bertz CT molecular complexity index is 426. The van der Waals surface area contributed by atoms with Gasteiger partial charge in [-0.25, -0.2) is 9.37 Å². The number of hydrogen-bond acceptors (Lipinski definition) is 1. The van der Waals surface area contributed by atoms with E-state index in [1.165, 1.54) is 6.07 Å². The first-order valence-electron chi connectivity index (χ1n) is 4.16. The number of rotatable bonds is 2. The maximum absolute atomic E-state index is 13.1. The molecule has 0 saturated carbocycles. The summed E-state index contributed by atoms with van der Waals surface area (Å²) in [4.78, 5) is 3.90. The van der Waals surface area contributed by atoms with Gasteiger partial charge in [0.1, 0.15) is 5.82 Å². The summed E-state index contributed by atoms with van der Waals surface area (Å²) in [6, 6.07) is 4.79. The average Bonchev–Trinajstić information content (AvgIpc) is 2.66. The van der Waals surface area contributed by atoms with Gasteiger partial charge in [-0.3, -0.25) is 0 Å². The van der Waals surface area contributed by atoms with Gasteiger partial charge in [0.2, 0.25) is 0 Å². The Morgan fingerprint density at radius 2 is 2.29 bits per heavy atom. The minimum absolute atomic E-state index is 0.182. The normalized spacial score (nSPS) is 10.4. The smallest absolute Gasteiger partial charge is 0.142 e. The summed E-state index contributed by atoms with van der Waals surface area (Å²) in [5.41, 5.74) is 0.754. The Hall–Kier alpha value is -1.35. The second kappa shape index (κ2) is 3.80. The molecule has 0 atom stereocenters. The summed E-state index contributed by atoms with van der Waals surface area (Å²) < 4.78 is 14.9. The van der Waals surface area contributed by atoms with Gasteiger partial charge in [0, 0.05) is 12.4 Å². The zero-order valence-electron chi connectivity index (χ0n) is 7.32. The van der Waals surface area contributed by atoms with E-state index in [1.54, 1.807) is 30.9 Å². The van der Waals surface area contributed by atoms with Crippen LogP contribution in [0.2, 0.25) is 5.02 Å². The molecular weight excluding hydrogens is 203 g/mol. The van der Waals surface area contributed by atoms with Crippen molar-refractivity contribution in [1.29, 1.82) is 0 Å². The van der Waals surface area contributed by atoms with Gasteiger partial charge in [-0.05, 0) is 11.6 Å². The number of hydrogen-bond donors (Lipinski definition) is 0. The van der Waals surface area contributed by atoms with E-state index in [1.807, 2.05) is 4.57 Å². The Kier molecular flexibility index (Phi) is 2.50. The predicted molar refractivity (Wildman–Crippen MR) is 52.7 cm³/mol. The van der Waals surface area contributed by atoms with Crippen molar-refractivity contribution in [2.45, 2.75) is 6.54 Å². The van der Waals surface area contributed by atoms with E-state index < -0.39 is 0 Å². The highest BCUT2D eigenvalue weighted by Crippen LogP contribution is 2.20. The lowest BCUT2D eigenvalue weighted by Crippen LogP contribution is -1.98. The van der Waals surface area contributed by atoms with Crippen molar-refractivity contribution in [1.82, 2.24) is 9.55 Å². The second-order valence-corrected chi connectivity index (χ2v) is 3.33. The average molecular weight is 211 g/mol. The van der Waals surface area contributed by atoms with E-state index in [0.29, 0.717) is 6.54 Å². The fraction of sp³-hybridized carbons (Fsp3) is 0.100. The molecule has 72 valence electrons. The highest BCUT2D eigenvalue weighted by atomic mass is 35.5. The number of benzene rings is 1. The third-order valence-corrected chi connectivity index (χ3v) is 2.37. The van der Waals surface area contributed by atoms with Gasteiger partial charge < -0.3 is 4.57 Å². The number of imidazole rings is 1. The number of aromatic nitrogens is 2. The molecule has 0 bridgehead atoms. The van der Waals surface area contributed by atoms with Crippen molar-refractivity contribution in [3.63, 3.8) is 0 Å². The summed E-state index contributed by atoms with van der Waals surface area (Å²) in [6.07, 6.45) is 5.15. The van der Waals surface area contributed by atoms with Crippen LogP contribution in [-0.2, 0) is 6.54 Å². The third-order valence-electron chi connectivity index (χ3n) is 1.94. The monoisotopic (exact) mass is 210 g/mol. The highest BCUT2D eigenvalue weighted by molar-refractivity contribution is 6.31. The summed E-state index contributed by atoms with van der Waals surface area (Å²) in [5.74, 6) is -0.385. The predicted octanol–water partition coefficient (Wildman–Crippen LogP) is 2.72. The standard InChI is InChI=1S/C10H8ClFN2/c11-10-8(2-1-3-9(10)12)6-14-5-4-13-7-14/h1-5,7H,6H2. The van der Waals surface area contributed by atoms with Gasteiger partial charge >= 0.3 is 0 Å². The second-order valence-electron chi connectivity index (χ2n) is 2.95. The molecule has 1 aromatic heterocycles. The van der Waals surface area contributed by atoms with Crippen molar-refractivity contribution in [3.05, 3.63) is 53.3 Å². The Balaban J connectivity index is 2.29. The number of nitrogens with zero attached hydrogens (tertiary/aromatic N) is 2. The molecule has 0 N–H and O–H groups in total. The third kappa shape index (κ3) is 1.77. The van der Waals surface area contributed by atoms with Crippen LogP contribution in [0.1, 0.15) is 5.56 Å². The van der Waals surface area contributed by atoms with Gasteiger partial charge in [-0.2, -0.15) is 0 Å². The maximum atomic E-state index is 13.1. The van der Waals surface area contributed by atoms with Crippen LogP contribution in [0.15, 0.2) is 36.9 Å². The molecule has 0 saturated heterocycles. The summed E-state index contributed by atoms with van der Waals surface area (Å²) in [5, 5.41) is 0.182.